The largest absolute Gasteiger partial charge is 0.508 e. The Morgan fingerprint density at radius 1 is 1.58 bits per heavy atom. The molecule has 1 aliphatic heterocycles. The number of phenols is 1. The number of benzene rings is 1. The number of hydrogen-bond acceptors (Lipinski definition) is 3. The van der Waals surface area contributed by atoms with Crippen LogP contribution in [-0.4, -0.2) is 35.0 Å². The number of likely N-dealkylation sites (tertiary alicyclic amines) is 1. The van der Waals surface area contributed by atoms with Gasteiger partial charge in [-0.25, -0.2) is 4.39 Å². The number of rotatable bonds is 3. The number of amides is 1. The van der Waals surface area contributed by atoms with Crippen LogP contribution in [0.25, 0.3) is 0 Å². The van der Waals surface area contributed by atoms with Gasteiger partial charge in [0.1, 0.15) is 11.6 Å². The van der Waals surface area contributed by atoms with E-state index in [2.05, 4.69) is 0 Å². The Kier molecular flexibility index (Phi) is 4.04. The third kappa shape index (κ3) is 2.71. The lowest BCUT2D eigenvalue weighted by Crippen LogP contribution is -2.37. The van der Waals surface area contributed by atoms with Gasteiger partial charge in [0, 0.05) is 31.5 Å². The first-order valence-electron chi connectivity index (χ1n) is 6.50. The molecule has 0 aliphatic carbocycles. The third-order valence-corrected chi connectivity index (χ3v) is 3.80. The van der Waals surface area contributed by atoms with Crippen LogP contribution in [-0.2, 0) is 4.79 Å². The molecule has 1 heterocycles. The molecule has 1 saturated heterocycles. The minimum Gasteiger partial charge on any atom is -0.508 e. The van der Waals surface area contributed by atoms with Crippen molar-refractivity contribution in [2.24, 2.45) is 5.73 Å². The van der Waals surface area contributed by atoms with Crippen molar-refractivity contribution in [3.8, 4) is 5.75 Å². The fraction of sp³-hybridized carbons (Fsp3) is 0.500. The molecule has 2 rings (SSSR count). The lowest BCUT2D eigenvalue weighted by molar-refractivity contribution is -0.129. The van der Waals surface area contributed by atoms with Gasteiger partial charge in [0.25, 0.3) is 0 Å². The van der Waals surface area contributed by atoms with Crippen LogP contribution in [0.1, 0.15) is 31.2 Å². The standard InChI is InChI=1S/C14H19FN2O2/c1-9(18)17-7-5-11(13(17)4-6-16)12-3-2-10(15)8-14(12)19/h2-3,8,11,13,19H,4-7,16H2,1H3. The molecule has 3 N–H and O–H groups in total. The smallest absolute Gasteiger partial charge is 0.219 e. The van der Waals surface area contributed by atoms with Gasteiger partial charge in [-0.3, -0.25) is 4.79 Å². The SMILES string of the molecule is CC(=O)N1CCC(c2ccc(F)cc2O)C1CCN. The molecule has 0 radical (unpaired) electrons. The molecule has 1 aromatic rings. The third-order valence-electron chi connectivity index (χ3n) is 3.80. The minimum atomic E-state index is -0.460. The van der Waals surface area contributed by atoms with E-state index in [1.807, 2.05) is 0 Å². The van der Waals surface area contributed by atoms with Crippen molar-refractivity contribution in [2.75, 3.05) is 13.1 Å². The van der Waals surface area contributed by atoms with Gasteiger partial charge >= 0.3 is 0 Å². The molecule has 19 heavy (non-hydrogen) atoms. The number of nitrogens with two attached hydrogens (primary N) is 1. The maximum Gasteiger partial charge on any atom is 0.219 e. The predicted octanol–water partition coefficient (Wildman–Crippen LogP) is 1.58. The van der Waals surface area contributed by atoms with E-state index in [4.69, 9.17) is 5.73 Å². The van der Waals surface area contributed by atoms with Crippen molar-refractivity contribution in [1.29, 1.82) is 0 Å². The van der Waals surface area contributed by atoms with Crippen molar-refractivity contribution in [2.45, 2.75) is 31.7 Å². The summed E-state index contributed by atoms with van der Waals surface area (Å²) in [7, 11) is 0. The summed E-state index contributed by atoms with van der Waals surface area (Å²) in [6.07, 6.45) is 1.45. The maximum atomic E-state index is 13.0. The number of phenolic OH excluding ortho intramolecular Hbond substituents is 1. The van der Waals surface area contributed by atoms with Crippen LogP contribution < -0.4 is 5.73 Å². The summed E-state index contributed by atoms with van der Waals surface area (Å²) in [6, 6.07) is 4.04. The highest BCUT2D eigenvalue weighted by atomic mass is 19.1. The second-order valence-electron chi connectivity index (χ2n) is 4.96. The number of halogens is 1. The van der Waals surface area contributed by atoms with E-state index in [0.717, 1.165) is 12.5 Å². The van der Waals surface area contributed by atoms with Gasteiger partial charge in [-0.15, -0.1) is 0 Å². The molecule has 0 aromatic heterocycles. The van der Waals surface area contributed by atoms with Crippen molar-refractivity contribution < 1.29 is 14.3 Å². The molecule has 1 amide bonds. The molecule has 4 nitrogen and oxygen atoms in total. The van der Waals surface area contributed by atoms with Crippen molar-refractivity contribution in [3.05, 3.63) is 29.6 Å². The molecule has 2 unspecified atom stereocenters. The second-order valence-corrected chi connectivity index (χ2v) is 4.96. The Hall–Kier alpha value is -1.62. The monoisotopic (exact) mass is 266 g/mol. The summed E-state index contributed by atoms with van der Waals surface area (Å²) in [5.41, 5.74) is 6.31. The molecule has 2 atom stereocenters. The van der Waals surface area contributed by atoms with Crippen LogP contribution >= 0.6 is 0 Å². The molecule has 0 bridgehead atoms. The van der Waals surface area contributed by atoms with Crippen LogP contribution in [0.5, 0.6) is 5.75 Å². The van der Waals surface area contributed by atoms with Gasteiger partial charge in [0.15, 0.2) is 0 Å². The first-order chi connectivity index (χ1) is 9.04. The zero-order valence-electron chi connectivity index (χ0n) is 11.0. The van der Waals surface area contributed by atoms with Crippen molar-refractivity contribution in [1.82, 2.24) is 4.90 Å². The van der Waals surface area contributed by atoms with E-state index in [1.54, 1.807) is 11.0 Å². The molecular weight excluding hydrogens is 247 g/mol. The molecule has 1 fully saturated rings. The van der Waals surface area contributed by atoms with E-state index in [9.17, 15) is 14.3 Å². The van der Waals surface area contributed by atoms with Crippen LogP contribution in [0.15, 0.2) is 18.2 Å². The Morgan fingerprint density at radius 3 is 2.89 bits per heavy atom. The molecular formula is C14H19FN2O2. The highest BCUT2D eigenvalue weighted by Gasteiger charge is 2.37. The number of hydrogen-bond donors (Lipinski definition) is 2. The Balaban J connectivity index is 2.30. The minimum absolute atomic E-state index is 0.0149. The van der Waals surface area contributed by atoms with E-state index in [-0.39, 0.29) is 23.6 Å². The van der Waals surface area contributed by atoms with Gasteiger partial charge in [-0.2, -0.15) is 0 Å². The van der Waals surface area contributed by atoms with E-state index < -0.39 is 5.82 Å². The zero-order valence-corrected chi connectivity index (χ0v) is 11.0. The number of carbonyl (C=O) groups is 1. The highest BCUT2D eigenvalue weighted by molar-refractivity contribution is 5.74. The van der Waals surface area contributed by atoms with Gasteiger partial charge in [0.2, 0.25) is 5.91 Å². The Bertz CT molecular complexity index is 479. The summed E-state index contributed by atoms with van der Waals surface area (Å²) >= 11 is 0. The van der Waals surface area contributed by atoms with Crippen LogP contribution in [0, 0.1) is 5.82 Å². The Morgan fingerprint density at radius 2 is 2.32 bits per heavy atom. The molecule has 0 saturated carbocycles. The molecule has 0 spiro atoms. The first-order valence-corrected chi connectivity index (χ1v) is 6.50. The topological polar surface area (TPSA) is 66.6 Å². The lowest BCUT2D eigenvalue weighted by Gasteiger charge is -2.27. The number of nitrogens with zero attached hydrogens (tertiary/aromatic N) is 1. The summed E-state index contributed by atoms with van der Waals surface area (Å²) in [6.45, 7) is 2.67. The quantitative estimate of drug-likeness (QED) is 0.873. The molecule has 5 heteroatoms. The molecule has 104 valence electrons. The summed E-state index contributed by atoms with van der Waals surface area (Å²) in [5.74, 6) is -0.467. The van der Waals surface area contributed by atoms with Gasteiger partial charge in [-0.05, 0) is 31.0 Å². The van der Waals surface area contributed by atoms with E-state index in [1.165, 1.54) is 13.0 Å². The number of aromatic hydroxyl groups is 1. The number of carbonyl (C=O) groups excluding carboxylic acids is 1. The first kappa shape index (κ1) is 13.8. The van der Waals surface area contributed by atoms with Crippen molar-refractivity contribution >= 4 is 5.91 Å². The normalized spacial score (nSPS) is 22.8. The summed E-state index contributed by atoms with van der Waals surface area (Å²) in [4.78, 5) is 13.4. The lowest BCUT2D eigenvalue weighted by atomic mass is 9.89. The van der Waals surface area contributed by atoms with E-state index in [0.29, 0.717) is 25.1 Å². The van der Waals surface area contributed by atoms with Crippen LogP contribution in [0.3, 0.4) is 0 Å². The summed E-state index contributed by atoms with van der Waals surface area (Å²) in [5, 5.41) is 9.89. The maximum absolute atomic E-state index is 13.0. The van der Waals surface area contributed by atoms with Gasteiger partial charge < -0.3 is 15.7 Å². The van der Waals surface area contributed by atoms with E-state index >= 15 is 0 Å². The fourth-order valence-electron chi connectivity index (χ4n) is 2.97. The molecule has 1 aromatic carbocycles. The van der Waals surface area contributed by atoms with Crippen molar-refractivity contribution in [3.63, 3.8) is 0 Å². The highest BCUT2D eigenvalue weighted by Crippen LogP contribution is 2.39. The average molecular weight is 266 g/mol. The van der Waals surface area contributed by atoms with Gasteiger partial charge in [0.05, 0.1) is 0 Å². The van der Waals surface area contributed by atoms with Crippen LogP contribution in [0.2, 0.25) is 0 Å². The summed E-state index contributed by atoms with van der Waals surface area (Å²) < 4.78 is 13.0. The zero-order chi connectivity index (χ0) is 14.0. The molecule has 1 aliphatic rings. The predicted molar refractivity (Wildman–Crippen MR) is 70.3 cm³/mol. The fourth-order valence-corrected chi connectivity index (χ4v) is 2.97. The van der Waals surface area contributed by atoms with Gasteiger partial charge in [-0.1, -0.05) is 6.07 Å². The Labute approximate surface area is 112 Å². The van der Waals surface area contributed by atoms with Crippen LogP contribution in [0.4, 0.5) is 4.39 Å². The second kappa shape index (κ2) is 5.57. The average Bonchev–Trinajstić information content (AvgIpc) is 2.73.